The normalized spacial score (nSPS) is 12.4. The van der Waals surface area contributed by atoms with Crippen LogP contribution in [0.3, 0.4) is 0 Å². The third-order valence-corrected chi connectivity index (χ3v) is 3.56. The van der Waals surface area contributed by atoms with Crippen LogP contribution >= 0.6 is 11.8 Å². The minimum absolute atomic E-state index is 0.220. The maximum Gasteiger partial charge on any atom is 0.318 e. The molecule has 2 rings (SSSR count). The summed E-state index contributed by atoms with van der Waals surface area (Å²) in [6.07, 6.45) is 1.76. The van der Waals surface area contributed by atoms with Crippen molar-refractivity contribution in [2.45, 2.75) is 17.1 Å². The van der Waals surface area contributed by atoms with Crippen molar-refractivity contribution in [3.05, 3.63) is 36.5 Å². The summed E-state index contributed by atoms with van der Waals surface area (Å²) in [5.41, 5.74) is 0.927. The number of esters is 1. The molecular formula is C13H13NO2S. The fourth-order valence-electron chi connectivity index (χ4n) is 1.58. The molecule has 1 atom stereocenters. The number of fused-ring (bicyclic) bond motifs is 1. The van der Waals surface area contributed by atoms with E-state index in [-0.39, 0.29) is 11.2 Å². The molecule has 0 radical (unpaired) electrons. The average Bonchev–Trinajstić information content (AvgIpc) is 2.38. The van der Waals surface area contributed by atoms with Crippen LogP contribution in [0.4, 0.5) is 0 Å². The van der Waals surface area contributed by atoms with Gasteiger partial charge in [0.25, 0.3) is 0 Å². The molecule has 0 amide bonds. The first-order valence-electron chi connectivity index (χ1n) is 5.30. The van der Waals surface area contributed by atoms with Crippen LogP contribution in [-0.2, 0) is 9.53 Å². The van der Waals surface area contributed by atoms with Crippen molar-refractivity contribution in [3.8, 4) is 0 Å². The number of hydrogen-bond acceptors (Lipinski definition) is 4. The maximum absolute atomic E-state index is 11.4. The molecule has 1 unspecified atom stereocenters. The van der Waals surface area contributed by atoms with Crippen LogP contribution in [0.25, 0.3) is 10.9 Å². The van der Waals surface area contributed by atoms with Gasteiger partial charge in [-0.1, -0.05) is 18.2 Å². The summed E-state index contributed by atoms with van der Waals surface area (Å²) in [6.45, 7) is 1.83. The van der Waals surface area contributed by atoms with Crippen molar-refractivity contribution in [1.29, 1.82) is 0 Å². The summed E-state index contributed by atoms with van der Waals surface area (Å²) in [7, 11) is 1.40. The lowest BCUT2D eigenvalue weighted by Crippen LogP contribution is -2.14. The molecule has 0 aliphatic heterocycles. The minimum Gasteiger partial charge on any atom is -0.468 e. The molecule has 88 valence electrons. The van der Waals surface area contributed by atoms with Gasteiger partial charge in [0, 0.05) is 16.5 Å². The lowest BCUT2D eigenvalue weighted by molar-refractivity contribution is -0.139. The fourth-order valence-corrected chi connectivity index (χ4v) is 2.59. The van der Waals surface area contributed by atoms with E-state index in [4.69, 9.17) is 4.74 Å². The van der Waals surface area contributed by atoms with E-state index >= 15 is 0 Å². The summed E-state index contributed by atoms with van der Waals surface area (Å²) in [5.74, 6) is -0.220. The number of aromatic nitrogens is 1. The van der Waals surface area contributed by atoms with E-state index in [0.717, 1.165) is 15.8 Å². The zero-order valence-corrected chi connectivity index (χ0v) is 10.5. The topological polar surface area (TPSA) is 39.2 Å². The molecule has 0 spiro atoms. The molecule has 17 heavy (non-hydrogen) atoms. The molecule has 0 N–H and O–H groups in total. The second-order valence-corrected chi connectivity index (χ2v) is 5.00. The van der Waals surface area contributed by atoms with E-state index in [1.165, 1.54) is 18.9 Å². The van der Waals surface area contributed by atoms with Gasteiger partial charge in [0.1, 0.15) is 5.25 Å². The van der Waals surface area contributed by atoms with Crippen molar-refractivity contribution in [3.63, 3.8) is 0 Å². The van der Waals surface area contributed by atoms with Gasteiger partial charge in [-0.2, -0.15) is 0 Å². The number of pyridine rings is 1. The number of carbonyl (C=O) groups is 1. The Labute approximate surface area is 104 Å². The van der Waals surface area contributed by atoms with Crippen LogP contribution in [-0.4, -0.2) is 23.3 Å². The van der Waals surface area contributed by atoms with E-state index in [1.807, 2.05) is 37.3 Å². The van der Waals surface area contributed by atoms with Gasteiger partial charge in [-0.25, -0.2) is 0 Å². The highest BCUT2D eigenvalue weighted by Gasteiger charge is 2.15. The Balaban J connectivity index is 2.33. The standard InChI is InChI=1S/C13H13NO2S/c1-9(13(15)16-2)17-11-7-3-5-10-6-4-8-14-12(10)11/h3-9H,1-2H3. The number of benzene rings is 1. The number of rotatable bonds is 3. The predicted molar refractivity (Wildman–Crippen MR) is 69.1 cm³/mol. The molecule has 4 heteroatoms. The Morgan fingerprint density at radius 3 is 2.88 bits per heavy atom. The summed E-state index contributed by atoms with van der Waals surface area (Å²) in [5, 5.41) is 0.849. The Hall–Kier alpha value is -1.55. The zero-order chi connectivity index (χ0) is 12.3. The predicted octanol–water partition coefficient (Wildman–Crippen LogP) is 2.89. The van der Waals surface area contributed by atoms with E-state index < -0.39 is 0 Å². The highest BCUT2D eigenvalue weighted by molar-refractivity contribution is 8.00. The summed E-state index contributed by atoms with van der Waals surface area (Å²) < 4.78 is 4.72. The van der Waals surface area contributed by atoms with Crippen LogP contribution < -0.4 is 0 Å². The quantitative estimate of drug-likeness (QED) is 0.617. The average molecular weight is 247 g/mol. The Morgan fingerprint density at radius 1 is 1.35 bits per heavy atom. The molecule has 0 aliphatic rings. The molecule has 0 bridgehead atoms. The van der Waals surface area contributed by atoms with Crippen molar-refractivity contribution in [2.24, 2.45) is 0 Å². The minimum atomic E-state index is -0.229. The molecule has 1 aromatic heterocycles. The van der Waals surface area contributed by atoms with Crippen molar-refractivity contribution < 1.29 is 9.53 Å². The third-order valence-electron chi connectivity index (χ3n) is 2.43. The van der Waals surface area contributed by atoms with Gasteiger partial charge in [-0.3, -0.25) is 9.78 Å². The van der Waals surface area contributed by atoms with E-state index in [1.54, 1.807) is 6.20 Å². The van der Waals surface area contributed by atoms with Crippen molar-refractivity contribution in [1.82, 2.24) is 4.98 Å². The number of methoxy groups -OCH3 is 1. The largest absolute Gasteiger partial charge is 0.468 e. The monoisotopic (exact) mass is 247 g/mol. The van der Waals surface area contributed by atoms with Crippen LogP contribution in [0.15, 0.2) is 41.4 Å². The highest BCUT2D eigenvalue weighted by atomic mass is 32.2. The molecule has 0 saturated heterocycles. The first-order valence-corrected chi connectivity index (χ1v) is 6.18. The number of carbonyl (C=O) groups excluding carboxylic acids is 1. The Morgan fingerprint density at radius 2 is 2.12 bits per heavy atom. The van der Waals surface area contributed by atoms with Crippen molar-refractivity contribution >= 4 is 28.6 Å². The summed E-state index contributed by atoms with van der Waals surface area (Å²) >= 11 is 1.47. The molecular weight excluding hydrogens is 234 g/mol. The SMILES string of the molecule is COC(=O)C(C)Sc1cccc2cccnc12. The van der Waals surface area contributed by atoms with E-state index in [0.29, 0.717) is 0 Å². The number of ether oxygens (including phenoxy) is 1. The van der Waals surface area contributed by atoms with Crippen LogP contribution in [0, 0.1) is 0 Å². The molecule has 1 aromatic carbocycles. The van der Waals surface area contributed by atoms with Gasteiger partial charge >= 0.3 is 5.97 Å². The molecule has 3 nitrogen and oxygen atoms in total. The second-order valence-electron chi connectivity index (χ2n) is 3.61. The highest BCUT2D eigenvalue weighted by Crippen LogP contribution is 2.29. The van der Waals surface area contributed by atoms with Gasteiger partial charge in [-0.05, 0) is 19.1 Å². The number of nitrogens with zero attached hydrogens (tertiary/aromatic N) is 1. The fraction of sp³-hybridized carbons (Fsp3) is 0.231. The number of hydrogen-bond donors (Lipinski definition) is 0. The van der Waals surface area contributed by atoms with E-state index in [2.05, 4.69) is 4.98 Å². The first-order chi connectivity index (χ1) is 8.22. The number of para-hydroxylation sites is 1. The molecule has 0 saturated carbocycles. The van der Waals surface area contributed by atoms with E-state index in [9.17, 15) is 4.79 Å². The van der Waals surface area contributed by atoms with Gasteiger partial charge in [0.2, 0.25) is 0 Å². The lowest BCUT2D eigenvalue weighted by Gasteiger charge is -2.10. The number of thioether (sulfide) groups is 1. The third kappa shape index (κ3) is 2.58. The lowest BCUT2D eigenvalue weighted by atomic mass is 10.2. The smallest absolute Gasteiger partial charge is 0.318 e. The van der Waals surface area contributed by atoms with Gasteiger partial charge in [-0.15, -0.1) is 11.8 Å². The Kier molecular flexibility index (Phi) is 3.64. The summed E-state index contributed by atoms with van der Waals surface area (Å²) in [4.78, 5) is 16.7. The maximum atomic E-state index is 11.4. The molecule has 2 aromatic rings. The first kappa shape index (κ1) is 11.9. The molecule has 0 aliphatic carbocycles. The second kappa shape index (κ2) is 5.19. The van der Waals surface area contributed by atoms with Gasteiger partial charge in [0.05, 0.1) is 12.6 Å². The van der Waals surface area contributed by atoms with Gasteiger partial charge < -0.3 is 4.74 Å². The Bertz CT molecular complexity index is 536. The summed E-state index contributed by atoms with van der Waals surface area (Å²) in [6, 6.07) is 9.86. The van der Waals surface area contributed by atoms with Crippen LogP contribution in [0.5, 0.6) is 0 Å². The zero-order valence-electron chi connectivity index (χ0n) is 9.71. The van der Waals surface area contributed by atoms with Crippen LogP contribution in [0.2, 0.25) is 0 Å². The molecule has 0 fully saturated rings. The van der Waals surface area contributed by atoms with Gasteiger partial charge in [0.15, 0.2) is 0 Å². The molecule has 1 heterocycles. The van der Waals surface area contributed by atoms with Crippen molar-refractivity contribution in [2.75, 3.05) is 7.11 Å². The van der Waals surface area contributed by atoms with Crippen LogP contribution in [0.1, 0.15) is 6.92 Å².